The van der Waals surface area contributed by atoms with Crippen LogP contribution in [0.4, 0.5) is 0 Å². The summed E-state index contributed by atoms with van der Waals surface area (Å²) in [7, 11) is 4.83. The van der Waals surface area contributed by atoms with E-state index >= 15 is 0 Å². The van der Waals surface area contributed by atoms with Crippen molar-refractivity contribution in [3.8, 4) is 17.2 Å². The Hall–Kier alpha value is -1.13. The number of methoxy groups -OCH3 is 3. The van der Waals surface area contributed by atoms with E-state index in [1.807, 2.05) is 12.1 Å². The van der Waals surface area contributed by atoms with Crippen LogP contribution in [0.25, 0.3) is 0 Å². The van der Waals surface area contributed by atoms with Gasteiger partial charge in [-0.1, -0.05) is 26.2 Å². The Morgan fingerprint density at radius 3 is 1.95 bits per heavy atom. The summed E-state index contributed by atoms with van der Waals surface area (Å²) in [6, 6.07) is 3.86. The average Bonchev–Trinajstić information content (AvgIpc) is 2.45. The lowest BCUT2D eigenvalue weighted by Gasteiger charge is -2.17. The Kier molecular flexibility index (Phi) is 9.17. The van der Waals surface area contributed by atoms with E-state index in [4.69, 9.17) is 19.9 Å². The van der Waals surface area contributed by atoms with Crippen molar-refractivity contribution in [3.63, 3.8) is 0 Å². The smallest absolute Gasteiger partial charge is 0.203 e. The zero-order valence-electron chi connectivity index (χ0n) is 12.8. The molecule has 0 aliphatic rings. The van der Waals surface area contributed by atoms with Gasteiger partial charge in [0.15, 0.2) is 11.5 Å². The summed E-state index contributed by atoms with van der Waals surface area (Å²) < 4.78 is 16.0. The molecule has 0 spiro atoms. The summed E-state index contributed by atoms with van der Waals surface area (Å²) in [6.45, 7) is 2.19. The quantitative estimate of drug-likeness (QED) is 0.744. The number of nitrogens with two attached hydrogens (primary N) is 1. The SMILES string of the molecule is CCCCC[C@@H](N)c1cc(OC)c(OC)c(OC)c1.Cl. The van der Waals surface area contributed by atoms with E-state index in [9.17, 15) is 0 Å². The van der Waals surface area contributed by atoms with Crippen molar-refractivity contribution in [2.75, 3.05) is 21.3 Å². The van der Waals surface area contributed by atoms with Gasteiger partial charge in [0.1, 0.15) is 0 Å². The summed E-state index contributed by atoms with van der Waals surface area (Å²) in [5.41, 5.74) is 7.24. The van der Waals surface area contributed by atoms with E-state index in [0.29, 0.717) is 17.2 Å². The van der Waals surface area contributed by atoms with E-state index in [-0.39, 0.29) is 18.4 Å². The van der Waals surface area contributed by atoms with Gasteiger partial charge >= 0.3 is 0 Å². The summed E-state index contributed by atoms with van der Waals surface area (Å²) in [5, 5.41) is 0. The zero-order chi connectivity index (χ0) is 14.3. The molecule has 4 nitrogen and oxygen atoms in total. The van der Waals surface area contributed by atoms with Crippen LogP contribution in [0.1, 0.15) is 44.2 Å². The number of ether oxygens (including phenoxy) is 3. The molecule has 20 heavy (non-hydrogen) atoms. The second-order valence-electron chi connectivity index (χ2n) is 4.56. The number of rotatable bonds is 8. The molecule has 0 aliphatic carbocycles. The standard InChI is InChI=1S/C15H25NO3.ClH/c1-5-6-7-8-12(16)11-9-13(17-2)15(19-4)14(10-11)18-3;/h9-10,12H,5-8,16H2,1-4H3;1H/t12-;/m1./s1. The van der Waals surface area contributed by atoms with E-state index in [1.165, 1.54) is 12.8 Å². The first-order valence-electron chi connectivity index (χ1n) is 6.73. The van der Waals surface area contributed by atoms with Gasteiger partial charge in [0.2, 0.25) is 5.75 Å². The lowest BCUT2D eigenvalue weighted by molar-refractivity contribution is 0.323. The van der Waals surface area contributed by atoms with Crippen molar-refractivity contribution in [1.82, 2.24) is 0 Å². The first kappa shape index (κ1) is 18.9. The molecular formula is C15H26ClNO3. The first-order chi connectivity index (χ1) is 9.17. The second-order valence-corrected chi connectivity index (χ2v) is 4.56. The van der Waals surface area contributed by atoms with Crippen molar-refractivity contribution in [2.24, 2.45) is 5.73 Å². The van der Waals surface area contributed by atoms with E-state index in [0.717, 1.165) is 18.4 Å². The van der Waals surface area contributed by atoms with Crippen LogP contribution in [0.5, 0.6) is 17.2 Å². The van der Waals surface area contributed by atoms with Gasteiger partial charge in [0, 0.05) is 6.04 Å². The van der Waals surface area contributed by atoms with Gasteiger partial charge in [-0.3, -0.25) is 0 Å². The summed E-state index contributed by atoms with van der Waals surface area (Å²) in [4.78, 5) is 0. The normalized spacial score (nSPS) is 11.4. The van der Waals surface area contributed by atoms with Crippen molar-refractivity contribution in [3.05, 3.63) is 17.7 Å². The minimum absolute atomic E-state index is 0. The number of hydrogen-bond donors (Lipinski definition) is 1. The Labute approximate surface area is 128 Å². The minimum Gasteiger partial charge on any atom is -0.493 e. The van der Waals surface area contributed by atoms with Gasteiger partial charge in [0.25, 0.3) is 0 Å². The van der Waals surface area contributed by atoms with E-state index in [1.54, 1.807) is 21.3 Å². The molecule has 5 heteroatoms. The highest BCUT2D eigenvalue weighted by molar-refractivity contribution is 5.85. The van der Waals surface area contributed by atoms with Crippen LogP contribution in [0, 0.1) is 0 Å². The summed E-state index contributed by atoms with van der Waals surface area (Å²) in [6.07, 6.45) is 4.50. The Morgan fingerprint density at radius 1 is 1.00 bits per heavy atom. The Bertz CT molecular complexity index is 374. The minimum atomic E-state index is 0. The fraction of sp³-hybridized carbons (Fsp3) is 0.600. The Morgan fingerprint density at radius 2 is 1.55 bits per heavy atom. The maximum atomic E-state index is 6.22. The van der Waals surface area contributed by atoms with Crippen molar-refractivity contribution in [1.29, 1.82) is 0 Å². The predicted molar refractivity (Wildman–Crippen MR) is 84.4 cm³/mol. The Balaban J connectivity index is 0.00000361. The van der Waals surface area contributed by atoms with Crippen molar-refractivity contribution < 1.29 is 14.2 Å². The van der Waals surface area contributed by atoms with Crippen LogP contribution in [0.3, 0.4) is 0 Å². The average molecular weight is 304 g/mol. The lowest BCUT2D eigenvalue weighted by Crippen LogP contribution is -2.11. The molecule has 0 saturated carbocycles. The predicted octanol–water partition coefficient (Wildman–Crippen LogP) is 3.71. The number of halogens is 1. The molecule has 0 bridgehead atoms. The fourth-order valence-electron chi connectivity index (χ4n) is 2.10. The van der Waals surface area contributed by atoms with Crippen molar-refractivity contribution >= 4 is 12.4 Å². The second kappa shape index (κ2) is 9.72. The highest BCUT2D eigenvalue weighted by Crippen LogP contribution is 2.39. The molecule has 0 heterocycles. The third-order valence-electron chi connectivity index (χ3n) is 3.23. The van der Waals surface area contributed by atoms with Crippen LogP contribution in [-0.4, -0.2) is 21.3 Å². The van der Waals surface area contributed by atoms with Crippen LogP contribution >= 0.6 is 12.4 Å². The molecule has 0 saturated heterocycles. The fourth-order valence-corrected chi connectivity index (χ4v) is 2.10. The summed E-state index contributed by atoms with van der Waals surface area (Å²) in [5.74, 6) is 1.92. The van der Waals surface area contributed by atoms with Gasteiger partial charge in [0.05, 0.1) is 21.3 Å². The topological polar surface area (TPSA) is 53.7 Å². The molecule has 1 atom stereocenters. The maximum absolute atomic E-state index is 6.22. The molecule has 116 valence electrons. The number of benzene rings is 1. The number of unbranched alkanes of at least 4 members (excludes halogenated alkanes) is 2. The zero-order valence-corrected chi connectivity index (χ0v) is 13.6. The molecule has 0 aliphatic heterocycles. The molecule has 0 aromatic heterocycles. The van der Waals surface area contributed by atoms with Crippen LogP contribution in [-0.2, 0) is 0 Å². The van der Waals surface area contributed by atoms with Crippen LogP contribution < -0.4 is 19.9 Å². The molecule has 1 aromatic rings. The molecule has 0 unspecified atom stereocenters. The van der Waals surface area contributed by atoms with Gasteiger partial charge in [-0.25, -0.2) is 0 Å². The van der Waals surface area contributed by atoms with Crippen LogP contribution in [0.2, 0.25) is 0 Å². The summed E-state index contributed by atoms with van der Waals surface area (Å²) >= 11 is 0. The van der Waals surface area contributed by atoms with Gasteiger partial charge in [-0.2, -0.15) is 0 Å². The molecule has 1 aromatic carbocycles. The third kappa shape index (κ3) is 4.76. The highest BCUT2D eigenvalue weighted by atomic mass is 35.5. The monoisotopic (exact) mass is 303 g/mol. The van der Waals surface area contributed by atoms with Gasteiger partial charge in [-0.15, -0.1) is 12.4 Å². The number of hydrogen-bond acceptors (Lipinski definition) is 4. The van der Waals surface area contributed by atoms with Crippen molar-refractivity contribution in [2.45, 2.75) is 38.6 Å². The highest BCUT2D eigenvalue weighted by Gasteiger charge is 2.16. The first-order valence-corrected chi connectivity index (χ1v) is 6.73. The largest absolute Gasteiger partial charge is 0.493 e. The molecule has 2 N–H and O–H groups in total. The molecule has 0 amide bonds. The van der Waals surface area contributed by atoms with E-state index in [2.05, 4.69) is 6.92 Å². The van der Waals surface area contributed by atoms with Crippen LogP contribution in [0.15, 0.2) is 12.1 Å². The molecular weight excluding hydrogens is 278 g/mol. The molecule has 1 rings (SSSR count). The van der Waals surface area contributed by atoms with Gasteiger partial charge in [-0.05, 0) is 24.1 Å². The lowest BCUT2D eigenvalue weighted by atomic mass is 10.0. The maximum Gasteiger partial charge on any atom is 0.203 e. The third-order valence-corrected chi connectivity index (χ3v) is 3.23. The van der Waals surface area contributed by atoms with E-state index < -0.39 is 0 Å². The molecule has 0 radical (unpaired) electrons. The molecule has 0 fully saturated rings. The van der Waals surface area contributed by atoms with Gasteiger partial charge < -0.3 is 19.9 Å².